The molecule has 0 spiro atoms. The Bertz CT molecular complexity index is 122. The van der Waals surface area contributed by atoms with E-state index in [9.17, 15) is 0 Å². The molecular formula is C13H29NO2. The lowest BCUT2D eigenvalue weighted by Gasteiger charge is -2.09. The van der Waals surface area contributed by atoms with Gasteiger partial charge in [-0.15, -0.1) is 0 Å². The van der Waals surface area contributed by atoms with E-state index in [-0.39, 0.29) is 0 Å². The van der Waals surface area contributed by atoms with Gasteiger partial charge in [-0.25, -0.2) is 0 Å². The third-order valence-electron chi connectivity index (χ3n) is 2.20. The molecule has 1 N–H and O–H groups in total. The van der Waals surface area contributed by atoms with Gasteiger partial charge in [0, 0.05) is 12.6 Å². The van der Waals surface area contributed by atoms with Crippen LogP contribution in [0.2, 0.25) is 0 Å². The van der Waals surface area contributed by atoms with Gasteiger partial charge in [-0.2, -0.15) is 0 Å². The zero-order valence-electron chi connectivity index (χ0n) is 11.4. The zero-order valence-corrected chi connectivity index (χ0v) is 11.4. The van der Waals surface area contributed by atoms with Crippen LogP contribution in [0.1, 0.15) is 47.0 Å². The minimum absolute atomic E-state index is 0.311. The third-order valence-corrected chi connectivity index (χ3v) is 2.20. The Kier molecular flexibility index (Phi) is 11.3. The van der Waals surface area contributed by atoms with Crippen molar-refractivity contribution in [1.82, 2.24) is 5.32 Å². The predicted molar refractivity (Wildman–Crippen MR) is 68.9 cm³/mol. The van der Waals surface area contributed by atoms with Crippen LogP contribution in [0.3, 0.4) is 0 Å². The minimum Gasteiger partial charge on any atom is -0.379 e. The molecule has 0 radical (unpaired) electrons. The van der Waals surface area contributed by atoms with E-state index in [2.05, 4.69) is 19.2 Å². The van der Waals surface area contributed by atoms with Gasteiger partial charge in [0.05, 0.1) is 19.3 Å². The molecule has 0 amide bonds. The van der Waals surface area contributed by atoms with Crippen LogP contribution in [0.5, 0.6) is 0 Å². The number of nitrogens with one attached hydrogen (secondary N) is 1. The molecule has 0 aliphatic heterocycles. The second-order valence-corrected chi connectivity index (χ2v) is 4.70. The van der Waals surface area contributed by atoms with Gasteiger partial charge in [-0.3, -0.25) is 0 Å². The standard InChI is InChI=1S/C13H29NO2/c1-12(2)14-8-6-5-7-9-15-10-11-16-13(3)4/h12-14H,5-11H2,1-4H3. The molecule has 0 aliphatic carbocycles. The molecule has 0 aromatic rings. The quantitative estimate of drug-likeness (QED) is 0.554. The van der Waals surface area contributed by atoms with Gasteiger partial charge in [0.2, 0.25) is 0 Å². The summed E-state index contributed by atoms with van der Waals surface area (Å²) in [4.78, 5) is 0. The number of hydrogen-bond acceptors (Lipinski definition) is 3. The van der Waals surface area contributed by atoms with Crippen LogP contribution in [0.4, 0.5) is 0 Å². The molecule has 0 bridgehead atoms. The van der Waals surface area contributed by atoms with Crippen molar-refractivity contribution in [1.29, 1.82) is 0 Å². The Morgan fingerprint density at radius 2 is 1.62 bits per heavy atom. The predicted octanol–water partition coefficient (Wildman–Crippen LogP) is 2.60. The maximum Gasteiger partial charge on any atom is 0.0703 e. The van der Waals surface area contributed by atoms with Gasteiger partial charge < -0.3 is 14.8 Å². The lowest BCUT2D eigenvalue weighted by atomic mass is 10.2. The maximum absolute atomic E-state index is 5.47. The van der Waals surface area contributed by atoms with Gasteiger partial charge in [0.1, 0.15) is 0 Å². The first-order valence-electron chi connectivity index (χ1n) is 6.55. The molecule has 0 heterocycles. The highest BCUT2D eigenvalue weighted by atomic mass is 16.5. The SMILES string of the molecule is CC(C)NCCCCCOCCOC(C)C. The van der Waals surface area contributed by atoms with Gasteiger partial charge in [-0.05, 0) is 39.7 Å². The van der Waals surface area contributed by atoms with Crippen LogP contribution < -0.4 is 5.32 Å². The van der Waals surface area contributed by atoms with E-state index >= 15 is 0 Å². The van der Waals surface area contributed by atoms with Crippen molar-refractivity contribution in [3.63, 3.8) is 0 Å². The van der Waals surface area contributed by atoms with E-state index in [0.29, 0.717) is 18.8 Å². The van der Waals surface area contributed by atoms with Crippen LogP contribution in [0.25, 0.3) is 0 Å². The van der Waals surface area contributed by atoms with Crippen LogP contribution in [0, 0.1) is 0 Å². The molecule has 0 saturated carbocycles. The number of unbranched alkanes of at least 4 members (excludes halogenated alkanes) is 2. The monoisotopic (exact) mass is 231 g/mol. The van der Waals surface area contributed by atoms with E-state index in [4.69, 9.17) is 9.47 Å². The molecular weight excluding hydrogens is 202 g/mol. The van der Waals surface area contributed by atoms with Crippen molar-refractivity contribution < 1.29 is 9.47 Å². The molecule has 0 fully saturated rings. The zero-order chi connectivity index (χ0) is 12.2. The molecule has 0 atom stereocenters. The highest BCUT2D eigenvalue weighted by molar-refractivity contribution is 4.52. The van der Waals surface area contributed by atoms with Crippen molar-refractivity contribution in [2.24, 2.45) is 0 Å². The normalized spacial score (nSPS) is 11.6. The summed E-state index contributed by atoms with van der Waals surface area (Å²) < 4.78 is 10.8. The maximum atomic E-state index is 5.47. The Balaban J connectivity index is 2.93. The van der Waals surface area contributed by atoms with E-state index in [1.54, 1.807) is 0 Å². The van der Waals surface area contributed by atoms with Gasteiger partial charge in [0.25, 0.3) is 0 Å². The van der Waals surface area contributed by atoms with Gasteiger partial charge >= 0.3 is 0 Å². The second kappa shape index (κ2) is 11.4. The minimum atomic E-state index is 0.311. The summed E-state index contributed by atoms with van der Waals surface area (Å²) in [5.74, 6) is 0. The molecule has 3 heteroatoms. The Labute approximate surface area is 101 Å². The van der Waals surface area contributed by atoms with E-state index in [0.717, 1.165) is 26.2 Å². The van der Waals surface area contributed by atoms with Crippen LogP contribution >= 0.6 is 0 Å². The molecule has 98 valence electrons. The second-order valence-electron chi connectivity index (χ2n) is 4.70. The smallest absolute Gasteiger partial charge is 0.0703 e. The van der Waals surface area contributed by atoms with E-state index in [1.165, 1.54) is 12.8 Å². The summed E-state index contributed by atoms with van der Waals surface area (Å²) in [5.41, 5.74) is 0. The Morgan fingerprint density at radius 3 is 2.25 bits per heavy atom. The van der Waals surface area contributed by atoms with E-state index in [1.807, 2.05) is 13.8 Å². The highest BCUT2D eigenvalue weighted by Crippen LogP contribution is 1.96. The van der Waals surface area contributed by atoms with Crippen LogP contribution in [-0.4, -0.2) is 38.5 Å². The van der Waals surface area contributed by atoms with E-state index < -0.39 is 0 Å². The molecule has 3 nitrogen and oxygen atoms in total. The average Bonchev–Trinajstić information content (AvgIpc) is 2.20. The fourth-order valence-corrected chi connectivity index (χ4v) is 1.34. The Morgan fingerprint density at radius 1 is 0.875 bits per heavy atom. The summed E-state index contributed by atoms with van der Waals surface area (Å²) >= 11 is 0. The number of hydrogen-bond donors (Lipinski definition) is 1. The van der Waals surface area contributed by atoms with Gasteiger partial charge in [0.15, 0.2) is 0 Å². The average molecular weight is 231 g/mol. The molecule has 0 rings (SSSR count). The first-order chi connectivity index (χ1) is 7.63. The number of ether oxygens (including phenoxy) is 2. The van der Waals surface area contributed by atoms with Crippen LogP contribution in [-0.2, 0) is 9.47 Å². The van der Waals surface area contributed by atoms with Crippen molar-refractivity contribution in [2.45, 2.75) is 59.1 Å². The molecule has 16 heavy (non-hydrogen) atoms. The fourth-order valence-electron chi connectivity index (χ4n) is 1.34. The van der Waals surface area contributed by atoms with Crippen LogP contribution in [0.15, 0.2) is 0 Å². The summed E-state index contributed by atoms with van der Waals surface area (Å²) in [6.45, 7) is 11.9. The Hall–Kier alpha value is -0.120. The lowest BCUT2D eigenvalue weighted by molar-refractivity contribution is 0.0187. The summed E-state index contributed by atoms with van der Waals surface area (Å²) in [7, 11) is 0. The van der Waals surface area contributed by atoms with Crippen molar-refractivity contribution in [3.8, 4) is 0 Å². The summed E-state index contributed by atoms with van der Waals surface area (Å²) in [6, 6.07) is 0.601. The van der Waals surface area contributed by atoms with Crippen molar-refractivity contribution >= 4 is 0 Å². The number of rotatable bonds is 11. The topological polar surface area (TPSA) is 30.5 Å². The third kappa shape index (κ3) is 13.9. The summed E-state index contributed by atoms with van der Waals surface area (Å²) in [6.07, 6.45) is 3.95. The molecule has 0 unspecified atom stereocenters. The van der Waals surface area contributed by atoms with Crippen molar-refractivity contribution in [3.05, 3.63) is 0 Å². The molecule has 0 aromatic heterocycles. The first-order valence-corrected chi connectivity index (χ1v) is 6.55. The first kappa shape index (κ1) is 15.9. The molecule has 0 aliphatic rings. The molecule has 0 saturated heterocycles. The summed E-state index contributed by atoms with van der Waals surface area (Å²) in [5, 5.41) is 3.41. The fraction of sp³-hybridized carbons (Fsp3) is 1.00. The van der Waals surface area contributed by atoms with Crippen molar-refractivity contribution in [2.75, 3.05) is 26.4 Å². The largest absolute Gasteiger partial charge is 0.379 e. The van der Waals surface area contributed by atoms with Gasteiger partial charge in [-0.1, -0.05) is 13.8 Å². The lowest BCUT2D eigenvalue weighted by Crippen LogP contribution is -2.23. The molecule has 0 aromatic carbocycles. The highest BCUT2D eigenvalue weighted by Gasteiger charge is 1.94.